The van der Waals surface area contributed by atoms with E-state index in [0.29, 0.717) is 12.1 Å². The molecule has 19 heavy (non-hydrogen) atoms. The Morgan fingerprint density at radius 2 is 1.47 bits per heavy atom. The molecule has 100 valence electrons. The van der Waals surface area contributed by atoms with Crippen molar-refractivity contribution in [2.75, 3.05) is 0 Å². The zero-order valence-electron chi connectivity index (χ0n) is 9.30. The molecule has 6 heteroatoms. The van der Waals surface area contributed by atoms with Crippen LogP contribution in [0.1, 0.15) is 17.2 Å². The third-order valence-electron chi connectivity index (χ3n) is 2.57. The van der Waals surface area contributed by atoms with Crippen LogP contribution in [-0.4, -0.2) is 5.11 Å². The molecular weight excluding hydrogens is 328 g/mol. The van der Waals surface area contributed by atoms with Gasteiger partial charge in [0.15, 0.2) is 0 Å². The second-order valence-electron chi connectivity index (χ2n) is 3.85. The summed E-state index contributed by atoms with van der Waals surface area (Å²) in [5.74, 6) is -4.23. The Labute approximate surface area is 114 Å². The molecule has 1 atom stereocenters. The van der Waals surface area contributed by atoms with E-state index in [4.69, 9.17) is 0 Å². The normalized spacial score (nSPS) is 12.5. The molecule has 0 spiro atoms. The SMILES string of the molecule is OC(c1cc(F)ccc1Br)c1c(F)cc(F)cc1F. The van der Waals surface area contributed by atoms with E-state index in [2.05, 4.69) is 15.9 Å². The molecule has 1 unspecified atom stereocenters. The van der Waals surface area contributed by atoms with Crippen molar-refractivity contribution in [1.82, 2.24) is 0 Å². The molecule has 0 aliphatic rings. The molecule has 0 aromatic heterocycles. The number of hydrogen-bond acceptors (Lipinski definition) is 1. The fraction of sp³-hybridized carbons (Fsp3) is 0.0769. The molecule has 0 aliphatic heterocycles. The van der Waals surface area contributed by atoms with E-state index >= 15 is 0 Å². The van der Waals surface area contributed by atoms with Crippen LogP contribution in [-0.2, 0) is 0 Å². The Hall–Kier alpha value is -1.40. The van der Waals surface area contributed by atoms with E-state index in [0.717, 1.165) is 12.1 Å². The Kier molecular flexibility index (Phi) is 3.91. The topological polar surface area (TPSA) is 20.2 Å². The van der Waals surface area contributed by atoms with Crippen LogP contribution in [0.4, 0.5) is 17.6 Å². The fourth-order valence-electron chi connectivity index (χ4n) is 1.69. The van der Waals surface area contributed by atoms with Crippen molar-refractivity contribution in [3.05, 3.63) is 69.2 Å². The van der Waals surface area contributed by atoms with Gasteiger partial charge in [0, 0.05) is 22.2 Å². The molecule has 0 heterocycles. The summed E-state index contributed by atoms with van der Waals surface area (Å²) in [4.78, 5) is 0. The number of hydrogen-bond donors (Lipinski definition) is 1. The molecule has 0 radical (unpaired) electrons. The molecule has 0 amide bonds. The Morgan fingerprint density at radius 3 is 2.05 bits per heavy atom. The Balaban J connectivity index is 2.56. The first-order valence-electron chi connectivity index (χ1n) is 5.17. The molecule has 0 saturated heterocycles. The minimum Gasteiger partial charge on any atom is -0.383 e. The number of rotatable bonds is 2. The minimum absolute atomic E-state index is 0.0515. The van der Waals surface area contributed by atoms with Crippen LogP contribution >= 0.6 is 15.9 Å². The quantitative estimate of drug-likeness (QED) is 0.820. The monoisotopic (exact) mass is 334 g/mol. The summed E-state index contributed by atoms with van der Waals surface area (Å²) in [7, 11) is 0. The summed E-state index contributed by atoms with van der Waals surface area (Å²) in [6, 6.07) is 4.27. The first kappa shape index (κ1) is 14.0. The van der Waals surface area contributed by atoms with Crippen molar-refractivity contribution >= 4 is 15.9 Å². The van der Waals surface area contributed by atoms with E-state index in [1.165, 1.54) is 6.07 Å². The zero-order chi connectivity index (χ0) is 14.2. The maximum absolute atomic E-state index is 13.5. The molecule has 2 aromatic carbocycles. The highest BCUT2D eigenvalue weighted by atomic mass is 79.9. The van der Waals surface area contributed by atoms with Gasteiger partial charge in [-0.2, -0.15) is 0 Å². The van der Waals surface area contributed by atoms with Crippen molar-refractivity contribution < 1.29 is 22.7 Å². The lowest BCUT2D eigenvalue weighted by Crippen LogP contribution is -2.07. The van der Waals surface area contributed by atoms with Crippen LogP contribution in [0.3, 0.4) is 0 Å². The zero-order valence-corrected chi connectivity index (χ0v) is 10.9. The van der Waals surface area contributed by atoms with Crippen LogP contribution in [0.15, 0.2) is 34.8 Å². The van der Waals surface area contributed by atoms with E-state index in [1.54, 1.807) is 0 Å². The van der Waals surface area contributed by atoms with Crippen LogP contribution in [0.5, 0.6) is 0 Å². The van der Waals surface area contributed by atoms with Gasteiger partial charge in [0.05, 0.1) is 5.56 Å². The van der Waals surface area contributed by atoms with Gasteiger partial charge in [-0.3, -0.25) is 0 Å². The second kappa shape index (κ2) is 5.30. The van der Waals surface area contributed by atoms with Crippen molar-refractivity contribution in [2.24, 2.45) is 0 Å². The van der Waals surface area contributed by atoms with Gasteiger partial charge < -0.3 is 5.11 Å². The fourth-order valence-corrected chi connectivity index (χ4v) is 2.16. The standard InChI is InChI=1S/C13H7BrF4O/c14-9-2-1-6(15)3-8(9)13(19)12-10(17)4-7(16)5-11(12)18/h1-5,13,19H. The van der Waals surface area contributed by atoms with E-state index < -0.39 is 34.9 Å². The van der Waals surface area contributed by atoms with Crippen LogP contribution in [0.2, 0.25) is 0 Å². The minimum atomic E-state index is -1.74. The molecule has 2 rings (SSSR count). The molecule has 0 saturated carbocycles. The molecule has 2 aromatic rings. The Morgan fingerprint density at radius 1 is 0.895 bits per heavy atom. The molecule has 1 N–H and O–H groups in total. The summed E-state index contributed by atoms with van der Waals surface area (Å²) in [5.41, 5.74) is -0.780. The lowest BCUT2D eigenvalue weighted by atomic mass is 10.0. The largest absolute Gasteiger partial charge is 0.383 e. The van der Waals surface area contributed by atoms with Crippen LogP contribution in [0, 0.1) is 23.3 Å². The predicted octanol–water partition coefficient (Wildman–Crippen LogP) is 4.09. The van der Waals surface area contributed by atoms with Crippen molar-refractivity contribution in [3.8, 4) is 0 Å². The summed E-state index contributed by atoms with van der Waals surface area (Å²) < 4.78 is 53.2. The molecule has 1 nitrogen and oxygen atoms in total. The summed E-state index contributed by atoms with van der Waals surface area (Å²) in [5, 5.41) is 9.95. The highest BCUT2D eigenvalue weighted by molar-refractivity contribution is 9.10. The van der Waals surface area contributed by atoms with Crippen LogP contribution in [0.25, 0.3) is 0 Å². The van der Waals surface area contributed by atoms with Crippen molar-refractivity contribution in [3.63, 3.8) is 0 Å². The first-order chi connectivity index (χ1) is 8.90. The maximum Gasteiger partial charge on any atom is 0.135 e. The highest BCUT2D eigenvalue weighted by Gasteiger charge is 2.23. The Bertz CT molecular complexity index is 607. The maximum atomic E-state index is 13.5. The van der Waals surface area contributed by atoms with Crippen molar-refractivity contribution in [2.45, 2.75) is 6.10 Å². The van der Waals surface area contributed by atoms with Gasteiger partial charge in [0.25, 0.3) is 0 Å². The third kappa shape index (κ3) is 2.79. The molecule has 0 fully saturated rings. The second-order valence-corrected chi connectivity index (χ2v) is 4.71. The van der Waals surface area contributed by atoms with Crippen molar-refractivity contribution in [1.29, 1.82) is 0 Å². The van der Waals surface area contributed by atoms with Gasteiger partial charge in [-0.1, -0.05) is 15.9 Å². The summed E-state index contributed by atoms with van der Waals surface area (Å²) in [6.07, 6.45) is -1.74. The average Bonchev–Trinajstić information content (AvgIpc) is 2.30. The number of aliphatic hydroxyl groups is 1. The number of benzene rings is 2. The number of aliphatic hydroxyl groups excluding tert-OH is 1. The van der Waals surface area contributed by atoms with Gasteiger partial charge in [-0.25, -0.2) is 17.6 Å². The summed E-state index contributed by atoms with van der Waals surface area (Å²) >= 11 is 3.05. The number of halogens is 5. The highest BCUT2D eigenvalue weighted by Crippen LogP contribution is 2.32. The lowest BCUT2D eigenvalue weighted by Gasteiger charge is -2.15. The van der Waals surface area contributed by atoms with Gasteiger partial charge in [0.1, 0.15) is 29.4 Å². The van der Waals surface area contributed by atoms with E-state index in [-0.39, 0.29) is 10.0 Å². The van der Waals surface area contributed by atoms with Crippen LogP contribution < -0.4 is 0 Å². The molecule has 0 bridgehead atoms. The van der Waals surface area contributed by atoms with Gasteiger partial charge in [0.2, 0.25) is 0 Å². The van der Waals surface area contributed by atoms with E-state index in [1.807, 2.05) is 0 Å². The lowest BCUT2D eigenvalue weighted by molar-refractivity contribution is 0.207. The summed E-state index contributed by atoms with van der Waals surface area (Å²) in [6.45, 7) is 0. The average molecular weight is 335 g/mol. The predicted molar refractivity (Wildman–Crippen MR) is 64.5 cm³/mol. The molecular formula is C13H7BrF4O. The van der Waals surface area contributed by atoms with E-state index in [9.17, 15) is 22.7 Å². The third-order valence-corrected chi connectivity index (χ3v) is 3.29. The smallest absolute Gasteiger partial charge is 0.135 e. The molecule has 0 aliphatic carbocycles. The van der Waals surface area contributed by atoms with Gasteiger partial charge >= 0.3 is 0 Å². The van der Waals surface area contributed by atoms with Gasteiger partial charge in [-0.05, 0) is 18.2 Å². The first-order valence-corrected chi connectivity index (χ1v) is 5.97. The van der Waals surface area contributed by atoms with Gasteiger partial charge in [-0.15, -0.1) is 0 Å².